The lowest BCUT2D eigenvalue weighted by molar-refractivity contribution is 0.0653. The van der Waals surface area contributed by atoms with Crippen molar-refractivity contribution in [2.24, 2.45) is 5.14 Å². The maximum absolute atomic E-state index is 12.8. The molecule has 0 aliphatic heterocycles. The summed E-state index contributed by atoms with van der Waals surface area (Å²) < 4.78 is 40.9. The van der Waals surface area contributed by atoms with E-state index in [9.17, 15) is 17.9 Å². The van der Waals surface area contributed by atoms with E-state index in [-0.39, 0.29) is 23.4 Å². The summed E-state index contributed by atoms with van der Waals surface area (Å²) in [4.78, 5) is 1.98. The summed E-state index contributed by atoms with van der Waals surface area (Å²) >= 11 is 0. The van der Waals surface area contributed by atoms with Crippen molar-refractivity contribution in [1.82, 2.24) is 4.90 Å². The second-order valence-electron chi connectivity index (χ2n) is 6.15. The van der Waals surface area contributed by atoms with Crippen molar-refractivity contribution in [2.45, 2.75) is 24.0 Å². The van der Waals surface area contributed by atoms with Crippen molar-refractivity contribution in [3.8, 4) is 5.75 Å². The van der Waals surface area contributed by atoms with Gasteiger partial charge in [0.05, 0.1) is 4.90 Å². The highest BCUT2D eigenvalue weighted by atomic mass is 32.2. The van der Waals surface area contributed by atoms with Crippen molar-refractivity contribution in [2.75, 3.05) is 20.2 Å². The number of benzene rings is 2. The maximum atomic E-state index is 12.8. The Morgan fingerprint density at radius 3 is 2.27 bits per heavy atom. The third-order valence-electron chi connectivity index (χ3n) is 4.11. The van der Waals surface area contributed by atoms with Crippen LogP contribution in [0, 0.1) is 5.82 Å². The third-order valence-corrected chi connectivity index (χ3v) is 5.04. The Kier molecular flexibility index (Phi) is 6.71. The Hall–Kier alpha value is -2.00. The molecule has 2 atom stereocenters. The van der Waals surface area contributed by atoms with Crippen molar-refractivity contribution in [3.05, 3.63) is 59.9 Å². The van der Waals surface area contributed by atoms with E-state index in [1.165, 1.54) is 36.4 Å². The minimum absolute atomic E-state index is 0.0509. The Labute approximate surface area is 153 Å². The molecule has 0 saturated carbocycles. The van der Waals surface area contributed by atoms with E-state index in [1.54, 1.807) is 12.1 Å². The molecule has 26 heavy (non-hydrogen) atoms. The quantitative estimate of drug-likeness (QED) is 0.727. The van der Waals surface area contributed by atoms with Gasteiger partial charge in [-0.2, -0.15) is 0 Å². The number of nitrogens with two attached hydrogens (primary N) is 1. The molecule has 0 aliphatic carbocycles. The van der Waals surface area contributed by atoms with E-state index in [0.717, 1.165) is 5.56 Å². The molecule has 6 nitrogen and oxygen atoms in total. The number of aliphatic hydroxyl groups excluding tert-OH is 1. The third kappa shape index (κ3) is 5.77. The SMILES string of the molecule is CC(c1ccc(S(N)(=O)=O)cc1)N(C)CC(O)COc1ccc(F)cc1. The number of hydrogen-bond acceptors (Lipinski definition) is 5. The molecule has 0 bridgehead atoms. The number of halogens is 1. The van der Waals surface area contributed by atoms with E-state index in [1.807, 2.05) is 18.9 Å². The average molecular weight is 382 g/mol. The van der Waals surface area contributed by atoms with Gasteiger partial charge in [-0.3, -0.25) is 4.90 Å². The summed E-state index contributed by atoms with van der Waals surface area (Å²) in [5, 5.41) is 15.2. The van der Waals surface area contributed by atoms with Crippen molar-refractivity contribution in [1.29, 1.82) is 0 Å². The predicted molar refractivity (Wildman–Crippen MR) is 96.8 cm³/mol. The minimum atomic E-state index is -3.71. The monoisotopic (exact) mass is 382 g/mol. The lowest BCUT2D eigenvalue weighted by Gasteiger charge is -2.27. The van der Waals surface area contributed by atoms with Gasteiger partial charge in [-0.1, -0.05) is 12.1 Å². The van der Waals surface area contributed by atoms with Gasteiger partial charge in [-0.25, -0.2) is 17.9 Å². The fourth-order valence-electron chi connectivity index (χ4n) is 2.46. The van der Waals surface area contributed by atoms with Gasteiger partial charge in [-0.15, -0.1) is 0 Å². The molecule has 8 heteroatoms. The van der Waals surface area contributed by atoms with Gasteiger partial charge in [0.25, 0.3) is 0 Å². The smallest absolute Gasteiger partial charge is 0.238 e. The highest BCUT2D eigenvalue weighted by Crippen LogP contribution is 2.20. The van der Waals surface area contributed by atoms with Gasteiger partial charge in [0, 0.05) is 12.6 Å². The predicted octanol–water partition coefficient (Wildman–Crippen LogP) is 1.91. The molecule has 0 aliphatic rings. The summed E-state index contributed by atoms with van der Waals surface area (Å²) in [7, 11) is -1.87. The molecular formula is C18H23FN2O4S. The first-order valence-electron chi connectivity index (χ1n) is 8.06. The van der Waals surface area contributed by atoms with E-state index < -0.39 is 16.1 Å². The van der Waals surface area contributed by atoms with Crippen LogP contribution in [0.1, 0.15) is 18.5 Å². The number of primary sulfonamides is 1. The lowest BCUT2D eigenvalue weighted by Crippen LogP contribution is -2.34. The zero-order chi connectivity index (χ0) is 19.3. The van der Waals surface area contributed by atoms with Gasteiger partial charge in [0.2, 0.25) is 10.0 Å². The first kappa shape index (κ1) is 20.3. The van der Waals surface area contributed by atoms with Gasteiger partial charge in [0.1, 0.15) is 24.3 Å². The van der Waals surface area contributed by atoms with E-state index in [0.29, 0.717) is 12.3 Å². The molecule has 3 N–H and O–H groups in total. The lowest BCUT2D eigenvalue weighted by atomic mass is 10.1. The fraction of sp³-hybridized carbons (Fsp3) is 0.333. The Morgan fingerprint density at radius 1 is 1.15 bits per heavy atom. The molecule has 0 heterocycles. The molecule has 142 valence electrons. The number of rotatable bonds is 8. The highest BCUT2D eigenvalue weighted by molar-refractivity contribution is 7.89. The second-order valence-corrected chi connectivity index (χ2v) is 7.71. The van der Waals surface area contributed by atoms with E-state index >= 15 is 0 Å². The molecule has 0 spiro atoms. The first-order chi connectivity index (χ1) is 12.2. The molecule has 0 saturated heterocycles. The van der Waals surface area contributed by atoms with Gasteiger partial charge >= 0.3 is 0 Å². The Bertz CT molecular complexity index is 810. The second kappa shape index (κ2) is 8.59. The van der Waals surface area contributed by atoms with Crippen LogP contribution in [-0.2, 0) is 10.0 Å². The van der Waals surface area contributed by atoms with Crippen LogP contribution >= 0.6 is 0 Å². The summed E-state index contributed by atoms with van der Waals surface area (Å²) in [6.07, 6.45) is -0.740. The molecule has 2 aromatic rings. The van der Waals surface area contributed by atoms with Crippen LogP contribution in [0.2, 0.25) is 0 Å². The largest absolute Gasteiger partial charge is 0.491 e. The summed E-state index contributed by atoms with van der Waals surface area (Å²) in [5.74, 6) is 0.139. The average Bonchev–Trinajstić information content (AvgIpc) is 2.60. The van der Waals surface area contributed by atoms with E-state index in [4.69, 9.17) is 9.88 Å². The zero-order valence-electron chi connectivity index (χ0n) is 14.7. The number of aliphatic hydroxyl groups is 1. The molecule has 2 unspecified atom stereocenters. The van der Waals surface area contributed by atoms with Crippen LogP contribution in [0.4, 0.5) is 4.39 Å². The molecule has 2 rings (SSSR count). The van der Waals surface area contributed by atoms with Gasteiger partial charge in [0.15, 0.2) is 0 Å². The van der Waals surface area contributed by atoms with Crippen LogP contribution in [-0.4, -0.2) is 44.7 Å². The molecule has 0 amide bonds. The van der Waals surface area contributed by atoms with Crippen LogP contribution in [0.5, 0.6) is 5.75 Å². The van der Waals surface area contributed by atoms with Crippen LogP contribution in [0.25, 0.3) is 0 Å². The van der Waals surface area contributed by atoms with Crippen molar-refractivity contribution >= 4 is 10.0 Å². The normalized spacial score (nSPS) is 14.2. The van der Waals surface area contributed by atoms with Crippen LogP contribution < -0.4 is 9.88 Å². The highest BCUT2D eigenvalue weighted by Gasteiger charge is 2.17. The standard InChI is InChI=1S/C18H23FN2O4S/c1-13(14-3-9-18(10-4-14)26(20,23)24)21(2)11-16(22)12-25-17-7-5-15(19)6-8-17/h3-10,13,16,22H,11-12H2,1-2H3,(H2,20,23,24). The number of likely N-dealkylation sites (N-methyl/N-ethyl adjacent to an activating group) is 1. The fourth-order valence-corrected chi connectivity index (χ4v) is 2.97. The maximum Gasteiger partial charge on any atom is 0.238 e. The molecule has 0 radical (unpaired) electrons. The Balaban J connectivity index is 1.89. The summed E-state index contributed by atoms with van der Waals surface area (Å²) in [6.45, 7) is 2.37. The van der Waals surface area contributed by atoms with Gasteiger partial charge in [-0.05, 0) is 55.9 Å². The summed E-state index contributed by atoms with van der Waals surface area (Å²) in [6, 6.07) is 11.9. The summed E-state index contributed by atoms with van der Waals surface area (Å²) in [5.41, 5.74) is 0.895. The number of nitrogens with zero attached hydrogens (tertiary/aromatic N) is 1. The zero-order valence-corrected chi connectivity index (χ0v) is 15.5. The molecule has 2 aromatic carbocycles. The topological polar surface area (TPSA) is 92.9 Å². The number of sulfonamides is 1. The van der Waals surface area contributed by atoms with Crippen molar-refractivity contribution < 1.29 is 22.7 Å². The minimum Gasteiger partial charge on any atom is -0.491 e. The first-order valence-corrected chi connectivity index (χ1v) is 9.61. The van der Waals surface area contributed by atoms with Gasteiger partial charge < -0.3 is 9.84 Å². The number of hydrogen-bond donors (Lipinski definition) is 2. The van der Waals surface area contributed by atoms with Crippen LogP contribution in [0.15, 0.2) is 53.4 Å². The Morgan fingerprint density at radius 2 is 1.73 bits per heavy atom. The molecule has 0 fully saturated rings. The molecule has 0 aromatic heterocycles. The van der Waals surface area contributed by atoms with Crippen molar-refractivity contribution in [3.63, 3.8) is 0 Å². The van der Waals surface area contributed by atoms with Crippen LogP contribution in [0.3, 0.4) is 0 Å². The molecular weight excluding hydrogens is 359 g/mol. The number of ether oxygens (including phenoxy) is 1. The van der Waals surface area contributed by atoms with E-state index in [2.05, 4.69) is 0 Å².